The van der Waals surface area contributed by atoms with E-state index in [1.807, 2.05) is 11.8 Å². The van der Waals surface area contributed by atoms with Crippen LogP contribution in [-0.2, 0) is 0 Å². The molecule has 1 atom stereocenters. The van der Waals surface area contributed by atoms with Crippen molar-refractivity contribution >= 4 is 11.8 Å². The van der Waals surface area contributed by atoms with Gasteiger partial charge in [0.25, 0.3) is 0 Å². The minimum absolute atomic E-state index is 0.119. The first-order valence-corrected chi connectivity index (χ1v) is 6.66. The normalized spacial score (nSPS) is 13.8. The van der Waals surface area contributed by atoms with Crippen molar-refractivity contribution in [2.45, 2.75) is 38.6 Å². The molecule has 2 nitrogen and oxygen atoms in total. The summed E-state index contributed by atoms with van der Waals surface area (Å²) in [6, 6.07) is 8.84. The van der Waals surface area contributed by atoms with E-state index in [9.17, 15) is 0 Å². The maximum atomic E-state index is 5.63. The zero-order valence-corrected chi connectivity index (χ0v) is 11.4. The smallest absolute Gasteiger partial charge is 0.0508 e. The number of rotatable bonds is 4. The fourth-order valence-electron chi connectivity index (χ4n) is 1.77. The second-order valence-electron chi connectivity index (χ2n) is 4.97. The van der Waals surface area contributed by atoms with Crippen molar-refractivity contribution in [1.29, 1.82) is 0 Å². The van der Waals surface area contributed by atoms with Gasteiger partial charge in [0, 0.05) is 4.90 Å². The van der Waals surface area contributed by atoms with Gasteiger partial charge < -0.3 is 0 Å². The molecule has 0 amide bonds. The lowest BCUT2D eigenvalue weighted by atomic mass is 9.83. The average molecular weight is 238 g/mol. The fraction of sp³-hybridized carbons (Fsp3) is 0.538. The van der Waals surface area contributed by atoms with Crippen molar-refractivity contribution in [3.8, 4) is 0 Å². The molecule has 16 heavy (non-hydrogen) atoms. The summed E-state index contributed by atoms with van der Waals surface area (Å²) in [6.45, 7) is 8.72. The van der Waals surface area contributed by atoms with Gasteiger partial charge in [0.2, 0.25) is 0 Å². The molecule has 3 N–H and O–H groups in total. The Hall–Kier alpha value is -0.510. The van der Waals surface area contributed by atoms with Crippen LogP contribution in [0.4, 0.5) is 0 Å². The maximum absolute atomic E-state index is 5.63. The number of hydrazine groups is 1. The molecule has 0 aromatic heterocycles. The van der Waals surface area contributed by atoms with Crippen molar-refractivity contribution in [1.82, 2.24) is 5.43 Å². The van der Waals surface area contributed by atoms with Crippen molar-refractivity contribution in [3.63, 3.8) is 0 Å². The summed E-state index contributed by atoms with van der Waals surface area (Å²) in [5, 5.41) is 0. The van der Waals surface area contributed by atoms with Crippen molar-refractivity contribution in [2.24, 2.45) is 11.3 Å². The standard InChI is InChI=1S/C13H22N2S/c1-5-16-11-8-6-10(7-9-11)12(15-14)13(2,3)4/h6-9,12,15H,5,14H2,1-4H3. The quantitative estimate of drug-likeness (QED) is 0.480. The third-order valence-corrected chi connectivity index (χ3v) is 3.45. The summed E-state index contributed by atoms with van der Waals surface area (Å²) in [5.41, 5.74) is 4.27. The van der Waals surface area contributed by atoms with E-state index in [0.29, 0.717) is 0 Å². The number of hydrogen-bond donors (Lipinski definition) is 2. The number of benzene rings is 1. The fourth-order valence-corrected chi connectivity index (χ4v) is 2.43. The largest absolute Gasteiger partial charge is 0.271 e. The van der Waals surface area contributed by atoms with E-state index in [2.05, 4.69) is 57.4 Å². The van der Waals surface area contributed by atoms with Crippen LogP contribution in [0.2, 0.25) is 0 Å². The maximum Gasteiger partial charge on any atom is 0.0508 e. The predicted molar refractivity (Wildman–Crippen MR) is 72.4 cm³/mol. The van der Waals surface area contributed by atoms with Gasteiger partial charge in [-0.25, -0.2) is 0 Å². The summed E-state index contributed by atoms with van der Waals surface area (Å²) in [7, 11) is 0. The van der Waals surface area contributed by atoms with Crippen LogP contribution in [-0.4, -0.2) is 5.75 Å². The van der Waals surface area contributed by atoms with E-state index < -0.39 is 0 Å². The van der Waals surface area contributed by atoms with E-state index in [4.69, 9.17) is 5.84 Å². The molecule has 0 saturated heterocycles. The Bertz CT molecular complexity index is 314. The van der Waals surface area contributed by atoms with Gasteiger partial charge in [-0.15, -0.1) is 11.8 Å². The monoisotopic (exact) mass is 238 g/mol. The molecule has 1 rings (SSSR count). The van der Waals surface area contributed by atoms with Gasteiger partial charge in [-0.3, -0.25) is 11.3 Å². The minimum atomic E-state index is 0.119. The zero-order chi connectivity index (χ0) is 12.2. The highest BCUT2D eigenvalue weighted by Crippen LogP contribution is 2.32. The Kier molecular flexibility index (Phi) is 4.84. The van der Waals surface area contributed by atoms with Gasteiger partial charge >= 0.3 is 0 Å². The van der Waals surface area contributed by atoms with E-state index in [0.717, 1.165) is 5.75 Å². The second kappa shape index (κ2) is 5.71. The highest BCUT2D eigenvalue weighted by Gasteiger charge is 2.24. The third-order valence-electron chi connectivity index (χ3n) is 2.56. The Labute approximate surface area is 103 Å². The summed E-state index contributed by atoms with van der Waals surface area (Å²) in [4.78, 5) is 1.32. The second-order valence-corrected chi connectivity index (χ2v) is 6.31. The molecule has 0 bridgehead atoms. The summed E-state index contributed by atoms with van der Waals surface area (Å²) < 4.78 is 0. The van der Waals surface area contributed by atoms with Crippen LogP contribution < -0.4 is 11.3 Å². The van der Waals surface area contributed by atoms with E-state index in [-0.39, 0.29) is 11.5 Å². The van der Waals surface area contributed by atoms with Gasteiger partial charge in [0.05, 0.1) is 6.04 Å². The van der Waals surface area contributed by atoms with Crippen LogP contribution >= 0.6 is 11.8 Å². The van der Waals surface area contributed by atoms with Crippen molar-refractivity contribution in [2.75, 3.05) is 5.75 Å². The van der Waals surface area contributed by atoms with Crippen LogP contribution in [0.25, 0.3) is 0 Å². The molecule has 0 aliphatic carbocycles. The summed E-state index contributed by atoms with van der Waals surface area (Å²) >= 11 is 1.86. The summed E-state index contributed by atoms with van der Waals surface area (Å²) in [5.74, 6) is 6.74. The molecular weight excluding hydrogens is 216 g/mol. The van der Waals surface area contributed by atoms with Gasteiger partial charge in [0.1, 0.15) is 0 Å². The molecule has 1 aromatic rings. The Balaban J connectivity index is 2.87. The minimum Gasteiger partial charge on any atom is -0.271 e. The van der Waals surface area contributed by atoms with Crippen LogP contribution in [0.5, 0.6) is 0 Å². The van der Waals surface area contributed by atoms with Crippen LogP contribution in [0.1, 0.15) is 39.3 Å². The topological polar surface area (TPSA) is 38.0 Å². The first-order valence-electron chi connectivity index (χ1n) is 5.68. The number of thioether (sulfide) groups is 1. The molecule has 1 unspecified atom stereocenters. The lowest BCUT2D eigenvalue weighted by Gasteiger charge is -2.30. The van der Waals surface area contributed by atoms with Crippen LogP contribution in [0.15, 0.2) is 29.2 Å². The Morgan fingerprint density at radius 1 is 1.25 bits per heavy atom. The lowest BCUT2D eigenvalue weighted by molar-refractivity contribution is 0.275. The van der Waals surface area contributed by atoms with Crippen LogP contribution in [0, 0.1) is 5.41 Å². The van der Waals surface area contributed by atoms with E-state index >= 15 is 0 Å². The number of hydrogen-bond acceptors (Lipinski definition) is 3. The average Bonchev–Trinajstić information content (AvgIpc) is 2.20. The van der Waals surface area contributed by atoms with Gasteiger partial charge in [0.15, 0.2) is 0 Å². The molecule has 0 saturated carbocycles. The number of nitrogens with two attached hydrogens (primary N) is 1. The highest BCUT2D eigenvalue weighted by molar-refractivity contribution is 7.99. The number of nitrogens with one attached hydrogen (secondary N) is 1. The predicted octanol–water partition coefficient (Wildman–Crippen LogP) is 3.35. The van der Waals surface area contributed by atoms with Gasteiger partial charge in [-0.05, 0) is 28.9 Å². The molecule has 3 heteroatoms. The molecule has 0 heterocycles. The van der Waals surface area contributed by atoms with E-state index in [1.54, 1.807) is 0 Å². The van der Waals surface area contributed by atoms with Gasteiger partial charge in [-0.2, -0.15) is 0 Å². The molecule has 0 spiro atoms. The SMILES string of the molecule is CCSc1ccc(C(NN)C(C)(C)C)cc1. The first kappa shape index (κ1) is 13.6. The first-order chi connectivity index (χ1) is 7.49. The molecule has 0 aliphatic rings. The molecular formula is C13H22N2S. The Morgan fingerprint density at radius 3 is 2.19 bits per heavy atom. The third kappa shape index (κ3) is 3.51. The van der Waals surface area contributed by atoms with E-state index in [1.165, 1.54) is 10.5 Å². The van der Waals surface area contributed by atoms with Crippen molar-refractivity contribution in [3.05, 3.63) is 29.8 Å². The molecule has 0 fully saturated rings. The van der Waals surface area contributed by atoms with Crippen molar-refractivity contribution < 1.29 is 0 Å². The molecule has 90 valence electrons. The lowest BCUT2D eigenvalue weighted by Crippen LogP contribution is -2.36. The summed E-state index contributed by atoms with van der Waals surface area (Å²) in [6.07, 6.45) is 0. The van der Waals surface area contributed by atoms with Crippen LogP contribution in [0.3, 0.4) is 0 Å². The van der Waals surface area contributed by atoms with Gasteiger partial charge in [-0.1, -0.05) is 39.8 Å². The Morgan fingerprint density at radius 2 is 1.81 bits per heavy atom. The molecule has 1 aromatic carbocycles. The highest BCUT2D eigenvalue weighted by atomic mass is 32.2. The molecule has 0 radical (unpaired) electrons. The zero-order valence-electron chi connectivity index (χ0n) is 10.6. The molecule has 0 aliphatic heterocycles.